The molecule has 4 rings (SSSR count). The number of amides is 2. The molecular formula is C29H38ClN3O5. The number of piperidine rings is 1. The summed E-state index contributed by atoms with van der Waals surface area (Å²) in [4.78, 5) is 26.2. The van der Waals surface area contributed by atoms with E-state index < -0.39 is 18.3 Å². The summed E-state index contributed by atoms with van der Waals surface area (Å²) in [6.07, 6.45) is 1.33. The first kappa shape index (κ1) is 28.4. The Morgan fingerprint density at radius 3 is 2.74 bits per heavy atom. The highest BCUT2D eigenvalue weighted by atomic mass is 35.5. The third-order valence-corrected chi connectivity index (χ3v) is 8.09. The maximum atomic E-state index is 13.4. The standard InChI is InChI=1S/C29H38ClN3O5/c1-2-18-6-3-7-19(14-18)26-22(9-4-10-23(26)30)27(38-13-11-32-29(36)37)20-8-5-12-33(17-20)28(35)21-15-24(31)25(34)16-21/h3-4,6-7,9-10,14,20-21,24-25,27,32,34H,2,5,8,11-13,15-17,31H2,1H3,(H,36,37). The summed E-state index contributed by atoms with van der Waals surface area (Å²) in [5.41, 5.74) is 10.0. The van der Waals surface area contributed by atoms with Crippen LogP contribution in [0.2, 0.25) is 5.02 Å². The first-order valence-electron chi connectivity index (χ1n) is 13.5. The zero-order valence-electron chi connectivity index (χ0n) is 21.8. The molecule has 5 N–H and O–H groups in total. The predicted octanol–water partition coefficient (Wildman–Crippen LogP) is 4.23. The van der Waals surface area contributed by atoms with E-state index in [4.69, 9.17) is 27.2 Å². The van der Waals surface area contributed by atoms with E-state index >= 15 is 0 Å². The molecule has 0 spiro atoms. The molecule has 2 aromatic carbocycles. The van der Waals surface area contributed by atoms with Gasteiger partial charge in [0.25, 0.3) is 0 Å². The fourth-order valence-electron chi connectivity index (χ4n) is 5.82. The lowest BCUT2D eigenvalue weighted by Crippen LogP contribution is -2.44. The number of ether oxygens (including phenoxy) is 1. The van der Waals surface area contributed by atoms with E-state index in [1.807, 2.05) is 35.2 Å². The van der Waals surface area contributed by atoms with Gasteiger partial charge in [-0.1, -0.05) is 54.9 Å². The minimum Gasteiger partial charge on any atom is -0.465 e. The lowest BCUT2D eigenvalue weighted by Gasteiger charge is -2.38. The predicted molar refractivity (Wildman–Crippen MR) is 147 cm³/mol. The number of carbonyl (C=O) groups is 2. The second-order valence-electron chi connectivity index (χ2n) is 10.4. The van der Waals surface area contributed by atoms with Crippen molar-refractivity contribution in [1.82, 2.24) is 10.2 Å². The molecule has 0 radical (unpaired) electrons. The molecule has 2 aromatic rings. The van der Waals surface area contributed by atoms with Gasteiger partial charge in [-0.15, -0.1) is 0 Å². The summed E-state index contributed by atoms with van der Waals surface area (Å²) in [5, 5.41) is 22.1. The Morgan fingerprint density at radius 2 is 2.03 bits per heavy atom. The fourth-order valence-corrected chi connectivity index (χ4v) is 6.11. The number of halogens is 1. The monoisotopic (exact) mass is 543 g/mol. The van der Waals surface area contributed by atoms with E-state index in [0.717, 1.165) is 36.0 Å². The molecule has 2 aliphatic rings. The number of benzene rings is 2. The van der Waals surface area contributed by atoms with E-state index in [1.54, 1.807) is 0 Å². The van der Waals surface area contributed by atoms with Crippen molar-refractivity contribution < 1.29 is 24.5 Å². The van der Waals surface area contributed by atoms with Crippen LogP contribution < -0.4 is 11.1 Å². The lowest BCUT2D eigenvalue weighted by molar-refractivity contribution is -0.139. The molecule has 5 unspecified atom stereocenters. The topological polar surface area (TPSA) is 125 Å². The number of nitrogens with zero attached hydrogens (tertiary/aromatic N) is 1. The first-order chi connectivity index (χ1) is 18.3. The highest BCUT2D eigenvalue weighted by molar-refractivity contribution is 6.33. The Hall–Kier alpha value is -2.65. The molecular weight excluding hydrogens is 506 g/mol. The van der Waals surface area contributed by atoms with E-state index in [9.17, 15) is 14.7 Å². The Labute approximate surface area is 229 Å². The number of likely N-dealkylation sites (tertiary alicyclic amines) is 1. The number of hydrogen-bond acceptors (Lipinski definition) is 5. The van der Waals surface area contributed by atoms with Crippen LogP contribution in [0.1, 0.15) is 49.8 Å². The number of nitrogens with one attached hydrogen (secondary N) is 1. The summed E-state index contributed by atoms with van der Waals surface area (Å²) >= 11 is 6.79. The number of aliphatic hydroxyl groups excluding tert-OH is 1. The average molecular weight is 544 g/mol. The molecule has 5 atom stereocenters. The van der Waals surface area contributed by atoms with Crippen molar-refractivity contribution in [2.24, 2.45) is 17.6 Å². The van der Waals surface area contributed by atoms with E-state index in [2.05, 4.69) is 24.4 Å². The van der Waals surface area contributed by atoms with Gasteiger partial charge < -0.3 is 30.9 Å². The zero-order chi connectivity index (χ0) is 27.2. The van der Waals surface area contributed by atoms with Gasteiger partial charge in [-0.25, -0.2) is 4.79 Å². The normalized spacial score (nSPS) is 24.3. The Bertz CT molecular complexity index is 1120. The summed E-state index contributed by atoms with van der Waals surface area (Å²) in [6.45, 7) is 3.62. The summed E-state index contributed by atoms with van der Waals surface area (Å²) in [5.74, 6) is -0.240. The smallest absolute Gasteiger partial charge is 0.404 e. The molecule has 38 heavy (non-hydrogen) atoms. The number of carboxylic acid groups (broad SMARTS) is 1. The van der Waals surface area contributed by atoms with Gasteiger partial charge >= 0.3 is 6.09 Å². The van der Waals surface area contributed by atoms with Crippen LogP contribution in [0.5, 0.6) is 0 Å². The summed E-state index contributed by atoms with van der Waals surface area (Å²) in [7, 11) is 0. The van der Waals surface area contributed by atoms with Gasteiger partial charge in [0, 0.05) is 48.1 Å². The van der Waals surface area contributed by atoms with Crippen LogP contribution in [-0.2, 0) is 16.0 Å². The first-order valence-corrected chi connectivity index (χ1v) is 13.8. The average Bonchev–Trinajstić information content (AvgIpc) is 3.26. The van der Waals surface area contributed by atoms with Gasteiger partial charge in [0.1, 0.15) is 0 Å². The van der Waals surface area contributed by atoms with E-state index in [1.165, 1.54) is 5.56 Å². The van der Waals surface area contributed by atoms with E-state index in [-0.39, 0.29) is 36.9 Å². The number of carbonyl (C=O) groups excluding carboxylic acids is 1. The van der Waals surface area contributed by atoms with Crippen molar-refractivity contribution in [1.29, 1.82) is 0 Å². The molecule has 9 heteroatoms. The number of aryl methyl sites for hydroxylation is 1. The molecule has 1 saturated carbocycles. The summed E-state index contributed by atoms with van der Waals surface area (Å²) in [6, 6.07) is 13.7. The summed E-state index contributed by atoms with van der Waals surface area (Å²) < 4.78 is 6.40. The Balaban J connectivity index is 1.63. The van der Waals surface area contributed by atoms with E-state index in [0.29, 0.717) is 31.0 Å². The van der Waals surface area contributed by atoms with Crippen LogP contribution in [0.25, 0.3) is 11.1 Å². The molecule has 1 heterocycles. The maximum absolute atomic E-state index is 13.4. The molecule has 1 aliphatic heterocycles. The van der Waals surface area contributed by atoms with Gasteiger partial charge in [-0.2, -0.15) is 0 Å². The number of nitrogens with two attached hydrogens (primary N) is 1. The molecule has 206 valence electrons. The van der Waals surface area contributed by atoms with Crippen molar-refractivity contribution in [3.63, 3.8) is 0 Å². The number of hydrogen-bond donors (Lipinski definition) is 4. The third kappa shape index (κ3) is 6.67. The quantitative estimate of drug-likeness (QED) is 0.351. The Kier molecular flexibility index (Phi) is 9.65. The van der Waals surface area contributed by atoms with Crippen LogP contribution in [0.15, 0.2) is 42.5 Å². The van der Waals surface area contributed by atoms with Crippen molar-refractivity contribution in [2.45, 2.75) is 57.3 Å². The molecule has 2 fully saturated rings. The van der Waals surface area contributed by atoms with Crippen LogP contribution in [0.3, 0.4) is 0 Å². The fraction of sp³-hybridized carbons (Fsp3) is 0.517. The SMILES string of the molecule is CCc1cccc(-c2c(Cl)cccc2C(OCCNC(=O)O)C2CCCN(C(=O)C3CC(N)C(O)C3)C2)c1. The maximum Gasteiger partial charge on any atom is 0.404 e. The van der Waals surface area contributed by atoms with Gasteiger partial charge in [0.15, 0.2) is 0 Å². The van der Waals surface area contributed by atoms with Crippen molar-refractivity contribution in [3.05, 3.63) is 58.6 Å². The molecule has 1 saturated heterocycles. The molecule has 0 bridgehead atoms. The lowest BCUT2D eigenvalue weighted by atomic mass is 9.84. The largest absolute Gasteiger partial charge is 0.465 e. The second kappa shape index (κ2) is 12.9. The third-order valence-electron chi connectivity index (χ3n) is 7.78. The van der Waals surface area contributed by atoms with Crippen LogP contribution in [-0.4, -0.2) is 65.5 Å². The van der Waals surface area contributed by atoms with Crippen molar-refractivity contribution in [2.75, 3.05) is 26.2 Å². The van der Waals surface area contributed by atoms with Gasteiger partial charge in [0.05, 0.1) is 18.8 Å². The Morgan fingerprint density at radius 1 is 1.24 bits per heavy atom. The van der Waals surface area contributed by atoms with Crippen LogP contribution >= 0.6 is 11.6 Å². The molecule has 1 aliphatic carbocycles. The van der Waals surface area contributed by atoms with Crippen molar-refractivity contribution in [3.8, 4) is 11.1 Å². The number of rotatable bonds is 9. The van der Waals surface area contributed by atoms with Crippen LogP contribution in [0.4, 0.5) is 4.79 Å². The second-order valence-corrected chi connectivity index (χ2v) is 10.8. The minimum atomic E-state index is -1.10. The molecule has 0 aromatic heterocycles. The van der Waals surface area contributed by atoms with Crippen LogP contribution in [0, 0.1) is 11.8 Å². The number of aliphatic hydroxyl groups is 1. The van der Waals surface area contributed by atoms with Crippen molar-refractivity contribution >= 4 is 23.6 Å². The molecule has 2 amide bonds. The highest BCUT2D eigenvalue weighted by Gasteiger charge is 2.39. The molecule has 8 nitrogen and oxygen atoms in total. The highest BCUT2D eigenvalue weighted by Crippen LogP contribution is 2.42. The van der Waals surface area contributed by atoms with Gasteiger partial charge in [-0.05, 0) is 54.9 Å². The zero-order valence-corrected chi connectivity index (χ0v) is 22.6. The minimum absolute atomic E-state index is 0.0101. The van der Waals surface area contributed by atoms with Gasteiger partial charge in [0.2, 0.25) is 5.91 Å². The van der Waals surface area contributed by atoms with Gasteiger partial charge in [-0.3, -0.25) is 4.79 Å².